The van der Waals surface area contributed by atoms with E-state index < -0.39 is 40.1 Å². The molecule has 0 N–H and O–H groups in total. The van der Waals surface area contributed by atoms with Gasteiger partial charge in [0.05, 0.1) is 23.3 Å². The van der Waals surface area contributed by atoms with Gasteiger partial charge in [0, 0.05) is 18.9 Å². The molecule has 0 fully saturated rings. The Morgan fingerprint density at radius 1 is 1.05 bits per heavy atom. The smallest absolute Gasteiger partial charge is 0.487 e. The summed E-state index contributed by atoms with van der Waals surface area (Å²) in [7, 11) is -2.63. The molecular weight excluding hydrogens is 539 g/mol. The van der Waals surface area contributed by atoms with Gasteiger partial charge in [0.2, 0.25) is 0 Å². The number of carbonyl (C=O) groups is 1. The number of rotatable bonds is 9. The van der Waals surface area contributed by atoms with Crippen molar-refractivity contribution in [2.75, 3.05) is 13.4 Å². The lowest BCUT2D eigenvalue weighted by Crippen LogP contribution is -2.28. The van der Waals surface area contributed by atoms with Gasteiger partial charge in [0.1, 0.15) is 23.1 Å². The number of halogens is 4. The van der Waals surface area contributed by atoms with Crippen molar-refractivity contribution in [2.24, 2.45) is 0 Å². The van der Waals surface area contributed by atoms with Crippen LogP contribution < -0.4 is 15.0 Å². The molecule has 0 aliphatic carbocycles. The van der Waals surface area contributed by atoms with Crippen LogP contribution in [0, 0.1) is 0 Å². The lowest BCUT2D eigenvalue weighted by atomic mass is 10.1. The Morgan fingerprint density at radius 2 is 1.70 bits per heavy atom. The van der Waals surface area contributed by atoms with E-state index in [1.165, 1.54) is 19.2 Å². The number of alkyl halides is 3. The molecule has 0 aliphatic rings. The molecule has 0 amide bonds. The van der Waals surface area contributed by atoms with E-state index in [1.807, 2.05) is 0 Å². The highest BCUT2D eigenvalue weighted by atomic mass is 35.5. The summed E-state index contributed by atoms with van der Waals surface area (Å²) in [6.07, 6.45) is -3.72. The molecule has 0 unspecified atom stereocenters. The first kappa shape index (κ1) is 28.1. The van der Waals surface area contributed by atoms with Gasteiger partial charge in [-0.2, -0.15) is 0 Å². The largest absolute Gasteiger partial charge is 0.573 e. The summed E-state index contributed by atoms with van der Waals surface area (Å²) in [6.45, 7) is -0.471. The van der Waals surface area contributed by atoms with E-state index in [1.54, 1.807) is 24.3 Å². The predicted molar refractivity (Wildman–Crippen MR) is 128 cm³/mol. The quantitative estimate of drug-likeness (QED) is 0.358. The number of carbonyl (C=O) groups excluding carboxylic acids is 1. The molecule has 198 valence electrons. The number of esters is 1. The minimum atomic E-state index is -4.91. The summed E-state index contributed by atoms with van der Waals surface area (Å²) >= 11 is 6.04. The van der Waals surface area contributed by atoms with Gasteiger partial charge in [-0.25, -0.2) is 13.2 Å². The van der Waals surface area contributed by atoms with Crippen LogP contribution in [0.5, 0.6) is 11.5 Å². The van der Waals surface area contributed by atoms with Crippen molar-refractivity contribution < 1.29 is 40.6 Å². The fourth-order valence-corrected chi connectivity index (χ4v) is 4.64. The van der Waals surface area contributed by atoms with Crippen LogP contribution >= 0.6 is 11.6 Å². The zero-order valence-corrected chi connectivity index (χ0v) is 21.1. The first-order chi connectivity index (χ1) is 17.3. The van der Waals surface area contributed by atoms with Crippen LogP contribution in [0.3, 0.4) is 0 Å². The maximum absolute atomic E-state index is 12.9. The van der Waals surface area contributed by atoms with Gasteiger partial charge in [-0.3, -0.25) is 4.79 Å². The number of aryl methyl sites for hydroxylation is 1. The summed E-state index contributed by atoms with van der Waals surface area (Å²) in [6, 6.07) is 12.1. The molecule has 0 atom stereocenters. The SMILES string of the molecule is COC(=O)c1ccc(CCn2c(COc3cccc(OC(F)(F)F)c3)c(S(C)(=O)=O)cc(Cl)c2=O)cc1. The van der Waals surface area contributed by atoms with Gasteiger partial charge in [0.25, 0.3) is 5.56 Å². The Kier molecular flexibility index (Phi) is 8.54. The molecule has 37 heavy (non-hydrogen) atoms. The molecule has 0 saturated heterocycles. The van der Waals surface area contributed by atoms with Crippen LogP contribution in [-0.4, -0.2) is 38.7 Å². The van der Waals surface area contributed by atoms with Gasteiger partial charge in [-0.1, -0.05) is 29.8 Å². The highest BCUT2D eigenvalue weighted by Gasteiger charge is 2.31. The second-order valence-corrected chi connectivity index (χ2v) is 10.2. The first-order valence-corrected chi connectivity index (χ1v) is 12.8. The van der Waals surface area contributed by atoms with Crippen molar-refractivity contribution in [3.63, 3.8) is 0 Å². The zero-order chi connectivity index (χ0) is 27.4. The minimum absolute atomic E-state index is 0.00456. The lowest BCUT2D eigenvalue weighted by molar-refractivity contribution is -0.274. The van der Waals surface area contributed by atoms with Gasteiger partial charge < -0.3 is 18.8 Å². The van der Waals surface area contributed by atoms with E-state index in [4.69, 9.17) is 16.3 Å². The van der Waals surface area contributed by atoms with Crippen LogP contribution in [0.1, 0.15) is 21.6 Å². The summed E-state index contributed by atoms with van der Waals surface area (Å²) in [4.78, 5) is 24.2. The highest BCUT2D eigenvalue weighted by molar-refractivity contribution is 7.90. The molecule has 2 aromatic carbocycles. The van der Waals surface area contributed by atoms with E-state index in [0.717, 1.165) is 34.6 Å². The Labute approximate surface area is 215 Å². The molecule has 0 bridgehead atoms. The molecule has 0 radical (unpaired) electrons. The first-order valence-electron chi connectivity index (χ1n) is 10.6. The Morgan fingerprint density at radius 3 is 2.30 bits per heavy atom. The van der Waals surface area contributed by atoms with Gasteiger partial charge in [-0.15, -0.1) is 13.2 Å². The Bertz CT molecular complexity index is 1450. The van der Waals surface area contributed by atoms with E-state index >= 15 is 0 Å². The number of nitrogens with zero attached hydrogens (tertiary/aromatic N) is 1. The molecule has 13 heteroatoms. The van der Waals surface area contributed by atoms with Gasteiger partial charge in [0.15, 0.2) is 9.84 Å². The van der Waals surface area contributed by atoms with E-state index in [0.29, 0.717) is 5.56 Å². The maximum atomic E-state index is 12.9. The maximum Gasteiger partial charge on any atom is 0.573 e. The fourth-order valence-electron chi connectivity index (χ4n) is 3.43. The molecule has 0 saturated carbocycles. The molecule has 1 heterocycles. The zero-order valence-electron chi connectivity index (χ0n) is 19.5. The number of hydrogen-bond acceptors (Lipinski definition) is 7. The standard InChI is InChI=1S/C24H21ClF3NO7S/c1-34-23(31)16-8-6-15(7-9-16)10-11-29-20(21(37(2,32)33)13-19(25)22(29)30)14-35-17-4-3-5-18(12-17)36-24(26,27)28/h3-9,12-13H,10-11,14H2,1-2H3. The Hall–Kier alpha value is -3.51. The van der Waals surface area contributed by atoms with Crippen LogP contribution in [0.2, 0.25) is 5.02 Å². The normalized spacial score (nSPS) is 11.7. The van der Waals surface area contributed by atoms with Gasteiger partial charge in [-0.05, 0) is 42.3 Å². The van der Waals surface area contributed by atoms with Crippen LogP contribution in [0.15, 0.2) is 64.3 Å². The summed E-state index contributed by atoms with van der Waals surface area (Å²) < 4.78 is 77.8. The molecule has 1 aromatic heterocycles. The second kappa shape index (κ2) is 11.3. The van der Waals surface area contributed by atoms with E-state index in [-0.39, 0.29) is 34.3 Å². The Balaban J connectivity index is 1.93. The average Bonchev–Trinajstić information content (AvgIpc) is 2.82. The van der Waals surface area contributed by atoms with Crippen molar-refractivity contribution in [3.05, 3.63) is 86.8 Å². The number of ether oxygens (including phenoxy) is 3. The monoisotopic (exact) mass is 559 g/mol. The van der Waals surface area contributed by atoms with Crippen molar-refractivity contribution in [3.8, 4) is 11.5 Å². The third kappa shape index (κ3) is 7.49. The van der Waals surface area contributed by atoms with Crippen LogP contribution in [-0.2, 0) is 34.1 Å². The number of aromatic nitrogens is 1. The number of hydrogen-bond donors (Lipinski definition) is 0. The topological polar surface area (TPSA) is 101 Å². The number of sulfone groups is 1. The minimum Gasteiger partial charge on any atom is -0.487 e. The third-order valence-corrected chi connectivity index (χ3v) is 6.55. The molecule has 0 spiro atoms. The number of methoxy groups -OCH3 is 1. The summed E-state index contributed by atoms with van der Waals surface area (Å²) in [5.74, 6) is -1.09. The van der Waals surface area contributed by atoms with Crippen molar-refractivity contribution in [1.29, 1.82) is 0 Å². The molecular formula is C24H21ClF3NO7S. The summed E-state index contributed by atoms with van der Waals surface area (Å²) in [5.41, 5.74) is 0.346. The second-order valence-electron chi connectivity index (χ2n) is 7.78. The van der Waals surface area contributed by atoms with E-state index in [2.05, 4.69) is 9.47 Å². The van der Waals surface area contributed by atoms with Crippen LogP contribution in [0.4, 0.5) is 13.2 Å². The molecule has 3 rings (SSSR count). The molecule has 8 nitrogen and oxygen atoms in total. The number of pyridine rings is 1. The third-order valence-electron chi connectivity index (χ3n) is 5.13. The summed E-state index contributed by atoms with van der Waals surface area (Å²) in [5, 5.41) is -0.328. The highest BCUT2D eigenvalue weighted by Crippen LogP contribution is 2.27. The lowest BCUT2D eigenvalue weighted by Gasteiger charge is -2.18. The molecule has 0 aliphatic heterocycles. The van der Waals surface area contributed by atoms with Crippen molar-refractivity contribution in [1.82, 2.24) is 4.57 Å². The van der Waals surface area contributed by atoms with Crippen LogP contribution in [0.25, 0.3) is 0 Å². The van der Waals surface area contributed by atoms with Crippen molar-refractivity contribution >= 4 is 27.4 Å². The van der Waals surface area contributed by atoms with Crippen molar-refractivity contribution in [2.45, 2.75) is 30.8 Å². The number of benzene rings is 2. The fraction of sp³-hybridized carbons (Fsp3) is 0.250. The average molecular weight is 560 g/mol. The van der Waals surface area contributed by atoms with E-state index in [9.17, 15) is 31.2 Å². The predicted octanol–water partition coefficient (Wildman–Crippen LogP) is 4.41. The molecule has 3 aromatic rings. The van der Waals surface area contributed by atoms with Gasteiger partial charge >= 0.3 is 12.3 Å².